The molecule has 1 atom stereocenters. The molecule has 2 heterocycles. The second-order valence-corrected chi connectivity index (χ2v) is 3.69. The van der Waals surface area contributed by atoms with Gasteiger partial charge in [-0.05, 0) is 18.1 Å². The molecule has 1 aliphatic heterocycles. The first kappa shape index (κ1) is 10.1. The van der Waals surface area contributed by atoms with Gasteiger partial charge in [0.1, 0.15) is 5.76 Å². The standard InChI is InChI=1S/C11H14N2O2/c1-3-6-14-11-9-7-12-5-4-8(2)10(9)15-13-11/h1,8,12H,4-7H2,2H3. The largest absolute Gasteiger partial charge is 0.462 e. The summed E-state index contributed by atoms with van der Waals surface area (Å²) in [4.78, 5) is 0. The van der Waals surface area contributed by atoms with Crippen LogP contribution < -0.4 is 10.1 Å². The highest BCUT2D eigenvalue weighted by atomic mass is 16.5. The number of rotatable bonds is 2. The van der Waals surface area contributed by atoms with E-state index < -0.39 is 0 Å². The van der Waals surface area contributed by atoms with E-state index in [0.717, 1.165) is 30.8 Å². The average Bonchev–Trinajstić information content (AvgIpc) is 2.55. The number of fused-ring (bicyclic) bond motifs is 1. The van der Waals surface area contributed by atoms with E-state index in [9.17, 15) is 0 Å². The fraction of sp³-hybridized carbons (Fsp3) is 0.545. The van der Waals surface area contributed by atoms with Crippen LogP contribution in [-0.4, -0.2) is 18.3 Å². The minimum atomic E-state index is 0.230. The van der Waals surface area contributed by atoms with Gasteiger partial charge in [-0.1, -0.05) is 12.8 Å². The lowest BCUT2D eigenvalue weighted by atomic mass is 10.0. The third-order valence-electron chi connectivity index (χ3n) is 2.58. The van der Waals surface area contributed by atoms with Gasteiger partial charge >= 0.3 is 0 Å². The number of ether oxygens (including phenoxy) is 1. The molecule has 0 fully saturated rings. The van der Waals surface area contributed by atoms with E-state index >= 15 is 0 Å². The smallest absolute Gasteiger partial charge is 0.259 e. The summed E-state index contributed by atoms with van der Waals surface area (Å²) in [7, 11) is 0. The molecule has 0 bridgehead atoms. The summed E-state index contributed by atoms with van der Waals surface area (Å²) in [6, 6.07) is 0. The van der Waals surface area contributed by atoms with E-state index in [4.69, 9.17) is 15.7 Å². The van der Waals surface area contributed by atoms with Gasteiger partial charge < -0.3 is 14.6 Å². The normalized spacial score (nSPS) is 20.1. The second kappa shape index (κ2) is 4.37. The van der Waals surface area contributed by atoms with Crippen molar-refractivity contribution in [2.45, 2.75) is 25.8 Å². The minimum Gasteiger partial charge on any atom is -0.462 e. The fourth-order valence-electron chi connectivity index (χ4n) is 1.74. The number of hydrogen-bond donors (Lipinski definition) is 1. The van der Waals surface area contributed by atoms with Crippen molar-refractivity contribution in [3.05, 3.63) is 11.3 Å². The van der Waals surface area contributed by atoms with Crippen LogP contribution in [0.3, 0.4) is 0 Å². The number of terminal acetylenes is 1. The van der Waals surface area contributed by atoms with Crippen LogP contribution in [0.4, 0.5) is 0 Å². The molecule has 0 aliphatic carbocycles. The predicted octanol–water partition coefficient (Wildman–Crippen LogP) is 1.28. The van der Waals surface area contributed by atoms with Gasteiger partial charge in [0.2, 0.25) is 0 Å². The Morgan fingerprint density at radius 2 is 2.60 bits per heavy atom. The highest BCUT2D eigenvalue weighted by Crippen LogP contribution is 2.31. The maximum atomic E-state index is 5.32. The van der Waals surface area contributed by atoms with Crippen molar-refractivity contribution in [2.24, 2.45) is 0 Å². The van der Waals surface area contributed by atoms with Crippen LogP contribution in [0.2, 0.25) is 0 Å². The number of aromatic nitrogens is 1. The molecule has 1 aliphatic rings. The molecule has 1 aromatic rings. The molecule has 0 aromatic carbocycles. The van der Waals surface area contributed by atoms with E-state index in [1.165, 1.54) is 0 Å². The molecule has 2 rings (SSSR count). The third-order valence-corrected chi connectivity index (χ3v) is 2.58. The van der Waals surface area contributed by atoms with Gasteiger partial charge in [-0.15, -0.1) is 6.42 Å². The first-order chi connectivity index (χ1) is 7.33. The lowest BCUT2D eigenvalue weighted by Gasteiger charge is -2.02. The van der Waals surface area contributed by atoms with Crippen LogP contribution in [-0.2, 0) is 6.54 Å². The highest BCUT2D eigenvalue weighted by Gasteiger charge is 2.23. The van der Waals surface area contributed by atoms with Gasteiger partial charge in [0.15, 0.2) is 6.61 Å². The molecule has 1 unspecified atom stereocenters. The topological polar surface area (TPSA) is 47.3 Å². The summed E-state index contributed by atoms with van der Waals surface area (Å²) in [5.74, 6) is 4.25. The van der Waals surface area contributed by atoms with Crippen LogP contribution in [0.15, 0.2) is 4.52 Å². The van der Waals surface area contributed by atoms with Crippen molar-refractivity contribution in [1.29, 1.82) is 0 Å². The first-order valence-corrected chi connectivity index (χ1v) is 5.08. The molecule has 1 N–H and O–H groups in total. The molecule has 0 spiro atoms. The van der Waals surface area contributed by atoms with E-state index in [1.54, 1.807) is 0 Å². The summed E-state index contributed by atoms with van der Waals surface area (Å²) in [5.41, 5.74) is 1.01. The Bertz CT molecular complexity index is 378. The van der Waals surface area contributed by atoms with Crippen LogP contribution in [0.1, 0.15) is 30.6 Å². The molecule has 15 heavy (non-hydrogen) atoms. The Labute approximate surface area is 89.0 Å². The summed E-state index contributed by atoms with van der Waals surface area (Å²) in [5, 5.41) is 7.20. The highest BCUT2D eigenvalue weighted by molar-refractivity contribution is 5.31. The molecule has 0 amide bonds. The van der Waals surface area contributed by atoms with Gasteiger partial charge in [-0.2, -0.15) is 0 Å². The number of nitrogens with zero attached hydrogens (tertiary/aromatic N) is 1. The summed E-state index contributed by atoms with van der Waals surface area (Å²) in [6.45, 7) is 4.08. The fourth-order valence-corrected chi connectivity index (χ4v) is 1.74. The van der Waals surface area contributed by atoms with Gasteiger partial charge in [0.25, 0.3) is 5.88 Å². The second-order valence-electron chi connectivity index (χ2n) is 3.69. The lowest BCUT2D eigenvalue weighted by molar-refractivity contribution is 0.299. The Balaban J connectivity index is 2.24. The zero-order valence-electron chi connectivity index (χ0n) is 8.75. The summed E-state index contributed by atoms with van der Waals surface area (Å²) in [6.07, 6.45) is 6.18. The Hall–Kier alpha value is -1.47. The van der Waals surface area contributed by atoms with Crippen LogP contribution in [0, 0.1) is 12.3 Å². The van der Waals surface area contributed by atoms with E-state index in [-0.39, 0.29) is 6.61 Å². The van der Waals surface area contributed by atoms with Crippen LogP contribution >= 0.6 is 0 Å². The molecule has 4 nitrogen and oxygen atoms in total. The Kier molecular flexibility index (Phi) is 2.93. The van der Waals surface area contributed by atoms with Gasteiger partial charge in [0, 0.05) is 12.5 Å². The molecule has 4 heteroatoms. The third kappa shape index (κ3) is 1.97. The first-order valence-electron chi connectivity index (χ1n) is 5.08. The Morgan fingerprint density at radius 1 is 1.73 bits per heavy atom. The van der Waals surface area contributed by atoms with Gasteiger partial charge in [0.05, 0.1) is 5.56 Å². The van der Waals surface area contributed by atoms with Crippen molar-refractivity contribution in [3.8, 4) is 18.2 Å². The van der Waals surface area contributed by atoms with E-state index in [0.29, 0.717) is 11.8 Å². The van der Waals surface area contributed by atoms with E-state index in [2.05, 4.69) is 23.3 Å². The van der Waals surface area contributed by atoms with Crippen LogP contribution in [0.5, 0.6) is 5.88 Å². The Morgan fingerprint density at radius 3 is 3.40 bits per heavy atom. The SMILES string of the molecule is C#CCOc1noc2c1CNCCC2C. The molecule has 0 radical (unpaired) electrons. The molecular weight excluding hydrogens is 192 g/mol. The average molecular weight is 206 g/mol. The molecular formula is C11H14N2O2. The summed E-state index contributed by atoms with van der Waals surface area (Å²) >= 11 is 0. The number of nitrogens with one attached hydrogen (secondary N) is 1. The van der Waals surface area contributed by atoms with Crippen molar-refractivity contribution in [3.63, 3.8) is 0 Å². The maximum Gasteiger partial charge on any atom is 0.259 e. The number of hydrogen-bond acceptors (Lipinski definition) is 4. The lowest BCUT2D eigenvalue weighted by Crippen LogP contribution is -2.13. The quantitative estimate of drug-likeness (QED) is 0.740. The molecule has 0 saturated heterocycles. The van der Waals surface area contributed by atoms with Crippen molar-refractivity contribution >= 4 is 0 Å². The van der Waals surface area contributed by atoms with Crippen molar-refractivity contribution in [1.82, 2.24) is 10.5 Å². The van der Waals surface area contributed by atoms with E-state index in [1.807, 2.05) is 0 Å². The monoisotopic (exact) mass is 206 g/mol. The van der Waals surface area contributed by atoms with Gasteiger partial charge in [-0.25, -0.2) is 0 Å². The van der Waals surface area contributed by atoms with Crippen LogP contribution in [0.25, 0.3) is 0 Å². The molecule has 0 saturated carbocycles. The minimum absolute atomic E-state index is 0.230. The van der Waals surface area contributed by atoms with Crippen molar-refractivity contribution in [2.75, 3.05) is 13.2 Å². The summed E-state index contributed by atoms with van der Waals surface area (Å²) < 4.78 is 10.6. The molecule has 80 valence electrons. The zero-order valence-corrected chi connectivity index (χ0v) is 8.75. The zero-order chi connectivity index (χ0) is 10.7. The predicted molar refractivity (Wildman–Crippen MR) is 55.6 cm³/mol. The van der Waals surface area contributed by atoms with Crippen molar-refractivity contribution < 1.29 is 9.26 Å². The maximum absolute atomic E-state index is 5.32. The molecule has 1 aromatic heterocycles. The van der Waals surface area contributed by atoms with Gasteiger partial charge in [-0.3, -0.25) is 0 Å².